The van der Waals surface area contributed by atoms with Crippen molar-refractivity contribution in [2.24, 2.45) is 5.92 Å². The number of aromatic nitrogens is 3. The molecule has 0 bridgehead atoms. The van der Waals surface area contributed by atoms with Gasteiger partial charge in [0.05, 0.1) is 35.1 Å². The van der Waals surface area contributed by atoms with Crippen LogP contribution in [0.25, 0.3) is 0 Å². The van der Waals surface area contributed by atoms with Gasteiger partial charge < -0.3 is 19.9 Å². The molecule has 1 aromatic heterocycles. The summed E-state index contributed by atoms with van der Waals surface area (Å²) in [5.74, 6) is -0.477. The van der Waals surface area contributed by atoms with Gasteiger partial charge in [-0.3, -0.25) is 9.59 Å². The second kappa shape index (κ2) is 12.9. The molecule has 9 nitrogen and oxygen atoms in total. The predicted molar refractivity (Wildman–Crippen MR) is 144 cm³/mol. The molecule has 2 aromatic carbocycles. The highest BCUT2D eigenvalue weighted by Crippen LogP contribution is 2.27. The lowest BCUT2D eigenvalue weighted by Crippen LogP contribution is -2.34. The number of methoxy groups -OCH3 is 1. The van der Waals surface area contributed by atoms with Crippen molar-refractivity contribution in [1.29, 1.82) is 0 Å². The summed E-state index contributed by atoms with van der Waals surface area (Å²) in [5, 5.41) is 15.6. The third-order valence-corrected chi connectivity index (χ3v) is 6.88. The second-order valence-corrected chi connectivity index (χ2v) is 10.1. The van der Waals surface area contributed by atoms with Gasteiger partial charge in [-0.1, -0.05) is 54.9 Å². The van der Waals surface area contributed by atoms with Gasteiger partial charge >= 0.3 is 5.97 Å². The molecule has 0 saturated carbocycles. The van der Waals surface area contributed by atoms with E-state index in [2.05, 4.69) is 20.8 Å². The highest BCUT2D eigenvalue weighted by Gasteiger charge is 2.27. The average molecular weight is 564 g/mol. The van der Waals surface area contributed by atoms with E-state index in [4.69, 9.17) is 27.9 Å². The molecule has 1 atom stereocenters. The summed E-state index contributed by atoms with van der Waals surface area (Å²) in [6, 6.07) is 10.7. The summed E-state index contributed by atoms with van der Waals surface area (Å²) in [5.41, 5.74) is 1.13. The van der Waals surface area contributed by atoms with Gasteiger partial charge in [0.2, 0.25) is 5.91 Å². The van der Waals surface area contributed by atoms with Crippen LogP contribution in [0.1, 0.15) is 53.4 Å². The standard InChI is InChI=1S/C25H27Cl2N5O4S/c1-5-32-22(21(14(2)3)29-23(34)18-10-9-16(26)12-19(18)27)30-31-25(32)37-13-20(33)28-17-8-6-7-15(11-17)24(35)36-4/h6-12,14,21H,5,13H2,1-4H3,(H,28,33)(H,29,34)/t21-/m0/s1. The number of anilines is 1. The van der Waals surface area contributed by atoms with Crippen LogP contribution in [-0.4, -0.2) is 45.4 Å². The van der Waals surface area contributed by atoms with E-state index >= 15 is 0 Å². The topological polar surface area (TPSA) is 115 Å². The number of nitrogens with one attached hydrogen (secondary N) is 2. The molecule has 0 spiro atoms. The lowest BCUT2D eigenvalue weighted by molar-refractivity contribution is -0.113. The molecule has 0 aliphatic heterocycles. The number of hydrogen-bond acceptors (Lipinski definition) is 7. The summed E-state index contributed by atoms with van der Waals surface area (Å²) in [6.45, 7) is 6.40. The van der Waals surface area contributed by atoms with Crippen LogP contribution in [0, 0.1) is 5.92 Å². The molecule has 196 valence electrons. The molecule has 3 aromatic rings. The molecule has 12 heteroatoms. The maximum atomic E-state index is 13.0. The Kier molecular flexibility index (Phi) is 9.96. The molecule has 0 fully saturated rings. The zero-order valence-electron chi connectivity index (χ0n) is 20.7. The minimum Gasteiger partial charge on any atom is -0.465 e. The monoisotopic (exact) mass is 563 g/mol. The van der Waals surface area contributed by atoms with Crippen LogP contribution in [0.5, 0.6) is 0 Å². The van der Waals surface area contributed by atoms with E-state index in [0.717, 1.165) is 0 Å². The number of halogens is 2. The Hall–Kier alpha value is -3.08. The lowest BCUT2D eigenvalue weighted by atomic mass is 10.0. The van der Waals surface area contributed by atoms with Crippen LogP contribution in [0.3, 0.4) is 0 Å². The van der Waals surface area contributed by atoms with Gasteiger partial charge in [-0.25, -0.2) is 4.79 Å². The van der Waals surface area contributed by atoms with Crippen molar-refractivity contribution in [2.75, 3.05) is 18.2 Å². The van der Waals surface area contributed by atoms with E-state index < -0.39 is 12.0 Å². The minimum atomic E-state index is -0.487. The Morgan fingerprint density at radius 1 is 1.11 bits per heavy atom. The van der Waals surface area contributed by atoms with E-state index in [0.29, 0.717) is 39.4 Å². The fourth-order valence-electron chi connectivity index (χ4n) is 3.53. The van der Waals surface area contributed by atoms with Crippen molar-refractivity contribution in [1.82, 2.24) is 20.1 Å². The number of esters is 1. The van der Waals surface area contributed by atoms with Crippen molar-refractivity contribution in [3.63, 3.8) is 0 Å². The Morgan fingerprint density at radius 2 is 1.86 bits per heavy atom. The van der Waals surface area contributed by atoms with Crippen molar-refractivity contribution in [3.05, 3.63) is 69.5 Å². The number of hydrogen-bond donors (Lipinski definition) is 2. The Balaban J connectivity index is 1.71. The molecule has 37 heavy (non-hydrogen) atoms. The van der Waals surface area contributed by atoms with Crippen molar-refractivity contribution in [3.8, 4) is 0 Å². The van der Waals surface area contributed by atoms with E-state index in [1.54, 1.807) is 36.4 Å². The fourth-order valence-corrected chi connectivity index (χ4v) is 4.83. The van der Waals surface area contributed by atoms with Crippen LogP contribution in [0.4, 0.5) is 5.69 Å². The van der Waals surface area contributed by atoms with Gasteiger partial charge in [-0.15, -0.1) is 10.2 Å². The third-order valence-electron chi connectivity index (χ3n) is 5.37. The van der Waals surface area contributed by atoms with Crippen LogP contribution in [0.15, 0.2) is 47.6 Å². The van der Waals surface area contributed by atoms with E-state index in [1.165, 1.54) is 24.9 Å². The number of carbonyl (C=O) groups excluding carboxylic acids is 3. The SMILES string of the molecule is CCn1c(SCC(=O)Nc2cccc(C(=O)OC)c2)nnc1[C@@H](NC(=O)c1ccc(Cl)cc1Cl)C(C)C. The number of benzene rings is 2. The van der Waals surface area contributed by atoms with E-state index in [9.17, 15) is 14.4 Å². The quantitative estimate of drug-likeness (QED) is 0.255. The molecular formula is C25H27Cl2N5O4S. The van der Waals surface area contributed by atoms with Crippen molar-refractivity contribution < 1.29 is 19.1 Å². The van der Waals surface area contributed by atoms with Gasteiger partial charge in [-0.2, -0.15) is 0 Å². The lowest BCUT2D eigenvalue weighted by Gasteiger charge is -2.22. The Morgan fingerprint density at radius 3 is 2.51 bits per heavy atom. The molecule has 2 amide bonds. The molecule has 3 rings (SSSR count). The summed E-state index contributed by atoms with van der Waals surface area (Å²) in [4.78, 5) is 37.2. The normalized spacial score (nSPS) is 11.8. The van der Waals surface area contributed by atoms with Gasteiger partial charge in [0, 0.05) is 17.3 Å². The van der Waals surface area contributed by atoms with Crippen LogP contribution in [-0.2, 0) is 16.1 Å². The first-order valence-corrected chi connectivity index (χ1v) is 13.2. The minimum absolute atomic E-state index is 0.00670. The van der Waals surface area contributed by atoms with Crippen LogP contribution < -0.4 is 10.6 Å². The smallest absolute Gasteiger partial charge is 0.337 e. The van der Waals surface area contributed by atoms with Crippen molar-refractivity contribution >= 4 is 58.4 Å². The van der Waals surface area contributed by atoms with E-state index in [1.807, 2.05) is 25.3 Å². The first-order valence-electron chi connectivity index (χ1n) is 11.4. The molecule has 0 aliphatic carbocycles. The van der Waals surface area contributed by atoms with Gasteiger partial charge in [0.25, 0.3) is 5.91 Å². The molecule has 0 unspecified atom stereocenters. The first-order chi connectivity index (χ1) is 17.6. The number of amides is 2. The second-order valence-electron chi connectivity index (χ2n) is 8.31. The number of thioether (sulfide) groups is 1. The first kappa shape index (κ1) is 28.5. The summed E-state index contributed by atoms with van der Waals surface area (Å²) < 4.78 is 6.58. The summed E-state index contributed by atoms with van der Waals surface area (Å²) in [7, 11) is 1.30. The van der Waals surface area contributed by atoms with Gasteiger partial charge in [-0.05, 0) is 49.2 Å². The maximum absolute atomic E-state index is 13.0. The molecule has 2 N–H and O–H groups in total. The number of carbonyl (C=O) groups is 3. The summed E-state index contributed by atoms with van der Waals surface area (Å²) >= 11 is 13.4. The molecular weight excluding hydrogens is 537 g/mol. The molecule has 1 heterocycles. The number of rotatable bonds is 10. The van der Waals surface area contributed by atoms with Gasteiger partial charge in [0.1, 0.15) is 0 Å². The maximum Gasteiger partial charge on any atom is 0.337 e. The van der Waals surface area contributed by atoms with Crippen molar-refractivity contribution in [2.45, 2.75) is 38.5 Å². The number of ether oxygens (including phenoxy) is 1. The highest BCUT2D eigenvalue weighted by molar-refractivity contribution is 7.99. The molecule has 0 aliphatic rings. The third kappa shape index (κ3) is 7.24. The van der Waals surface area contributed by atoms with Gasteiger partial charge in [0.15, 0.2) is 11.0 Å². The predicted octanol–water partition coefficient (Wildman–Crippen LogP) is 5.25. The number of nitrogens with zero attached hydrogens (tertiary/aromatic N) is 3. The Labute approximate surface area is 229 Å². The molecule has 0 radical (unpaired) electrons. The molecule has 0 saturated heterocycles. The van der Waals surface area contributed by atoms with E-state index in [-0.39, 0.29) is 28.5 Å². The highest BCUT2D eigenvalue weighted by atomic mass is 35.5. The Bertz CT molecular complexity index is 1300. The zero-order valence-corrected chi connectivity index (χ0v) is 23.1. The largest absolute Gasteiger partial charge is 0.465 e. The fraction of sp³-hybridized carbons (Fsp3) is 0.320. The summed E-state index contributed by atoms with van der Waals surface area (Å²) in [6.07, 6.45) is 0. The average Bonchev–Trinajstić information content (AvgIpc) is 3.27. The van der Waals surface area contributed by atoms with Crippen LogP contribution in [0.2, 0.25) is 10.0 Å². The van der Waals surface area contributed by atoms with Crippen LogP contribution >= 0.6 is 35.0 Å². The zero-order chi connectivity index (χ0) is 27.1.